The summed E-state index contributed by atoms with van der Waals surface area (Å²) in [5.74, 6) is 1.83. The second-order valence-corrected chi connectivity index (χ2v) is 7.81. The molecule has 4 heterocycles. The highest BCUT2D eigenvalue weighted by atomic mass is 35.5. The number of carbonyl (C=O) groups excluding carboxylic acids is 1. The Balaban J connectivity index is 1.25. The fourth-order valence-electron chi connectivity index (χ4n) is 4.21. The molecular weight excluding hydrogens is 354 g/mol. The van der Waals surface area contributed by atoms with Gasteiger partial charge in [-0.05, 0) is 37.8 Å². The molecular formula is C19H26ClN3O3. The molecule has 0 N–H and O–H groups in total. The predicted octanol–water partition coefficient (Wildman–Crippen LogP) is 2.56. The minimum atomic E-state index is -0.0534. The number of hydrogen-bond donors (Lipinski definition) is 0. The van der Waals surface area contributed by atoms with E-state index < -0.39 is 0 Å². The molecule has 3 aliphatic rings. The molecule has 0 aliphatic carbocycles. The van der Waals surface area contributed by atoms with Crippen LogP contribution in [-0.2, 0) is 14.3 Å². The van der Waals surface area contributed by atoms with E-state index in [1.807, 2.05) is 17.0 Å². The van der Waals surface area contributed by atoms with Crippen LogP contribution < -0.4 is 4.90 Å². The van der Waals surface area contributed by atoms with Crippen molar-refractivity contribution in [1.82, 2.24) is 9.88 Å². The van der Waals surface area contributed by atoms with Crippen LogP contribution in [0.25, 0.3) is 0 Å². The first-order valence-corrected chi connectivity index (χ1v) is 9.97. The van der Waals surface area contributed by atoms with E-state index in [0.717, 1.165) is 57.7 Å². The van der Waals surface area contributed by atoms with Gasteiger partial charge in [-0.3, -0.25) is 4.79 Å². The van der Waals surface area contributed by atoms with E-state index in [4.69, 9.17) is 21.1 Å². The molecule has 0 saturated carbocycles. The van der Waals surface area contributed by atoms with Crippen molar-refractivity contribution in [3.63, 3.8) is 0 Å². The summed E-state index contributed by atoms with van der Waals surface area (Å²) in [6, 6.07) is 3.81. The van der Waals surface area contributed by atoms with Gasteiger partial charge in [0.2, 0.25) is 5.91 Å². The SMILES string of the molecule is O=C(C1CCN(c2ccc(Cl)cn2)CC1)N1CCC(C2OCCO2)CC1. The Morgan fingerprint density at radius 1 is 1.04 bits per heavy atom. The molecule has 1 aromatic heterocycles. The molecule has 7 heteroatoms. The summed E-state index contributed by atoms with van der Waals surface area (Å²) in [5.41, 5.74) is 0. The predicted molar refractivity (Wildman–Crippen MR) is 99.2 cm³/mol. The van der Waals surface area contributed by atoms with Gasteiger partial charge in [-0.25, -0.2) is 4.98 Å². The Hall–Kier alpha value is -1.37. The van der Waals surface area contributed by atoms with Crippen molar-refractivity contribution in [3.05, 3.63) is 23.4 Å². The smallest absolute Gasteiger partial charge is 0.225 e. The zero-order valence-electron chi connectivity index (χ0n) is 15.0. The molecule has 3 fully saturated rings. The average Bonchev–Trinajstić information content (AvgIpc) is 3.23. The van der Waals surface area contributed by atoms with Gasteiger partial charge in [0.15, 0.2) is 6.29 Å². The maximum Gasteiger partial charge on any atom is 0.225 e. The third-order valence-corrected chi connectivity index (χ3v) is 5.99. The number of rotatable bonds is 3. The van der Waals surface area contributed by atoms with Gasteiger partial charge in [0.05, 0.1) is 18.2 Å². The Morgan fingerprint density at radius 2 is 1.73 bits per heavy atom. The van der Waals surface area contributed by atoms with Crippen molar-refractivity contribution in [3.8, 4) is 0 Å². The number of aromatic nitrogens is 1. The molecule has 26 heavy (non-hydrogen) atoms. The van der Waals surface area contributed by atoms with E-state index in [2.05, 4.69) is 9.88 Å². The summed E-state index contributed by atoms with van der Waals surface area (Å²) in [5, 5.41) is 0.649. The normalized spacial score (nSPS) is 23.6. The Kier molecular flexibility index (Phi) is 5.62. The van der Waals surface area contributed by atoms with E-state index in [9.17, 15) is 4.79 Å². The third-order valence-electron chi connectivity index (χ3n) is 5.76. The molecule has 1 aromatic rings. The molecule has 0 bridgehead atoms. The third kappa shape index (κ3) is 3.97. The first kappa shape index (κ1) is 18.0. The van der Waals surface area contributed by atoms with Crippen LogP contribution in [0, 0.1) is 11.8 Å². The Labute approximate surface area is 159 Å². The second-order valence-electron chi connectivity index (χ2n) is 7.37. The van der Waals surface area contributed by atoms with Crippen molar-refractivity contribution < 1.29 is 14.3 Å². The van der Waals surface area contributed by atoms with Gasteiger partial charge < -0.3 is 19.3 Å². The van der Waals surface area contributed by atoms with Crippen LogP contribution in [0.5, 0.6) is 0 Å². The van der Waals surface area contributed by atoms with Crippen LogP contribution in [0.2, 0.25) is 5.02 Å². The number of piperidine rings is 2. The van der Waals surface area contributed by atoms with E-state index in [-0.39, 0.29) is 12.2 Å². The summed E-state index contributed by atoms with van der Waals surface area (Å²) in [4.78, 5) is 21.5. The molecule has 0 unspecified atom stereocenters. The van der Waals surface area contributed by atoms with E-state index >= 15 is 0 Å². The fraction of sp³-hybridized carbons (Fsp3) is 0.684. The van der Waals surface area contributed by atoms with Crippen LogP contribution >= 0.6 is 11.6 Å². The maximum atomic E-state index is 12.9. The zero-order chi connectivity index (χ0) is 17.9. The molecule has 3 saturated heterocycles. The van der Waals surface area contributed by atoms with Crippen molar-refractivity contribution in [1.29, 1.82) is 0 Å². The lowest BCUT2D eigenvalue weighted by Gasteiger charge is -2.38. The van der Waals surface area contributed by atoms with Crippen LogP contribution in [0.15, 0.2) is 18.3 Å². The number of amides is 1. The van der Waals surface area contributed by atoms with Gasteiger partial charge in [0.25, 0.3) is 0 Å². The van der Waals surface area contributed by atoms with Gasteiger partial charge in [-0.2, -0.15) is 0 Å². The Bertz CT molecular complexity index is 605. The monoisotopic (exact) mass is 379 g/mol. The number of halogens is 1. The minimum Gasteiger partial charge on any atom is -0.357 e. The van der Waals surface area contributed by atoms with Crippen LogP contribution in [0.1, 0.15) is 25.7 Å². The summed E-state index contributed by atoms with van der Waals surface area (Å²) in [6.45, 7) is 4.78. The van der Waals surface area contributed by atoms with Gasteiger partial charge >= 0.3 is 0 Å². The number of nitrogens with zero attached hydrogens (tertiary/aromatic N) is 3. The summed E-state index contributed by atoms with van der Waals surface area (Å²) in [7, 11) is 0. The van der Waals surface area contributed by atoms with Crippen molar-refractivity contribution >= 4 is 23.3 Å². The fourth-order valence-corrected chi connectivity index (χ4v) is 4.32. The quantitative estimate of drug-likeness (QED) is 0.807. The number of anilines is 1. The molecule has 0 atom stereocenters. The van der Waals surface area contributed by atoms with Crippen molar-refractivity contribution in [2.24, 2.45) is 11.8 Å². The Morgan fingerprint density at radius 3 is 2.35 bits per heavy atom. The lowest BCUT2D eigenvalue weighted by Crippen LogP contribution is -2.46. The standard InChI is InChI=1S/C19H26ClN3O3/c20-16-1-2-17(21-13-16)22-7-3-14(4-8-22)18(24)23-9-5-15(6-10-23)19-25-11-12-26-19/h1-2,13-15,19H,3-12H2. The molecule has 0 aromatic carbocycles. The van der Waals surface area contributed by atoms with E-state index in [1.165, 1.54) is 0 Å². The first-order valence-electron chi connectivity index (χ1n) is 9.59. The summed E-state index contributed by atoms with van der Waals surface area (Å²) >= 11 is 5.91. The van der Waals surface area contributed by atoms with E-state index in [0.29, 0.717) is 30.1 Å². The van der Waals surface area contributed by atoms with Crippen LogP contribution in [-0.4, -0.2) is 61.5 Å². The number of ether oxygens (including phenoxy) is 2. The van der Waals surface area contributed by atoms with Crippen LogP contribution in [0.3, 0.4) is 0 Å². The summed E-state index contributed by atoms with van der Waals surface area (Å²) in [6.07, 6.45) is 5.35. The molecule has 3 aliphatic heterocycles. The lowest BCUT2D eigenvalue weighted by molar-refractivity contribution is -0.141. The topological polar surface area (TPSA) is 54.9 Å². The van der Waals surface area contributed by atoms with Crippen molar-refractivity contribution in [2.45, 2.75) is 32.0 Å². The number of hydrogen-bond acceptors (Lipinski definition) is 5. The molecule has 6 nitrogen and oxygen atoms in total. The highest BCUT2D eigenvalue weighted by Crippen LogP contribution is 2.29. The molecule has 0 spiro atoms. The minimum absolute atomic E-state index is 0.0534. The largest absolute Gasteiger partial charge is 0.357 e. The molecule has 4 rings (SSSR count). The van der Waals surface area contributed by atoms with Gasteiger partial charge in [0, 0.05) is 44.2 Å². The van der Waals surface area contributed by atoms with E-state index in [1.54, 1.807) is 6.20 Å². The second kappa shape index (κ2) is 8.11. The van der Waals surface area contributed by atoms with Gasteiger partial charge in [0.1, 0.15) is 5.82 Å². The molecule has 1 amide bonds. The molecule has 0 radical (unpaired) electrons. The lowest BCUT2D eigenvalue weighted by atomic mass is 9.91. The maximum absolute atomic E-state index is 12.9. The number of pyridine rings is 1. The van der Waals surface area contributed by atoms with Crippen molar-refractivity contribution in [2.75, 3.05) is 44.3 Å². The first-order chi connectivity index (χ1) is 12.7. The average molecular weight is 380 g/mol. The van der Waals surface area contributed by atoms with Crippen LogP contribution in [0.4, 0.5) is 5.82 Å². The number of carbonyl (C=O) groups is 1. The summed E-state index contributed by atoms with van der Waals surface area (Å²) < 4.78 is 11.2. The number of likely N-dealkylation sites (tertiary alicyclic amines) is 1. The highest BCUT2D eigenvalue weighted by Gasteiger charge is 2.34. The highest BCUT2D eigenvalue weighted by molar-refractivity contribution is 6.30. The van der Waals surface area contributed by atoms with Gasteiger partial charge in [-0.15, -0.1) is 0 Å². The van der Waals surface area contributed by atoms with Gasteiger partial charge in [-0.1, -0.05) is 11.6 Å². The molecule has 142 valence electrons. The zero-order valence-corrected chi connectivity index (χ0v) is 15.7.